The van der Waals surface area contributed by atoms with E-state index in [1.54, 1.807) is 13.8 Å². The lowest BCUT2D eigenvalue weighted by atomic mass is 10.1. The smallest absolute Gasteiger partial charge is 0.254 e. The first-order valence-electron chi connectivity index (χ1n) is 4.68. The van der Waals surface area contributed by atoms with Gasteiger partial charge in [0.25, 0.3) is 5.91 Å². The van der Waals surface area contributed by atoms with Gasteiger partial charge in [0.1, 0.15) is 4.32 Å². The maximum atomic E-state index is 11.8. The number of hydrazine groups is 1. The molecule has 0 aromatic rings. The van der Waals surface area contributed by atoms with Gasteiger partial charge in [-0.1, -0.05) is 47.8 Å². The molecule has 0 bridgehead atoms. The summed E-state index contributed by atoms with van der Waals surface area (Å²) in [5, 5.41) is 0. The van der Waals surface area contributed by atoms with E-state index in [9.17, 15) is 9.59 Å². The zero-order chi connectivity index (χ0) is 12.8. The van der Waals surface area contributed by atoms with E-state index in [1.807, 2.05) is 6.92 Å². The Bertz CT molecular complexity index is 338. The Morgan fingerprint density at radius 3 is 2.00 bits per heavy atom. The number of carbonyl (C=O) groups is 2. The fraction of sp³-hybridized carbons (Fsp3) is 0.778. The van der Waals surface area contributed by atoms with E-state index in [0.717, 1.165) is 0 Å². The second kappa shape index (κ2) is 4.24. The zero-order valence-electron chi connectivity index (χ0n) is 9.16. The van der Waals surface area contributed by atoms with Gasteiger partial charge in [0, 0.05) is 0 Å². The second-order valence-electron chi connectivity index (χ2n) is 4.59. The normalized spacial score (nSPS) is 27.1. The van der Waals surface area contributed by atoms with Crippen LogP contribution in [0.5, 0.6) is 0 Å². The highest BCUT2D eigenvalue weighted by Gasteiger charge is 2.66. The molecule has 1 aliphatic carbocycles. The number of alkyl halides is 3. The predicted octanol–water partition coefficient (Wildman–Crippen LogP) is 2.20. The fourth-order valence-electron chi connectivity index (χ4n) is 1.05. The van der Waals surface area contributed by atoms with Crippen LogP contribution in [0.4, 0.5) is 0 Å². The molecule has 1 unspecified atom stereocenters. The van der Waals surface area contributed by atoms with E-state index in [0.29, 0.717) is 6.42 Å². The zero-order valence-corrected chi connectivity index (χ0v) is 13.9. The molecular formula is C9H13Br3N2O2. The van der Waals surface area contributed by atoms with Crippen LogP contribution in [0.25, 0.3) is 0 Å². The number of nitrogens with one attached hydrogen (secondary N) is 2. The van der Waals surface area contributed by atoms with Crippen molar-refractivity contribution < 1.29 is 9.59 Å². The maximum Gasteiger partial charge on any atom is 0.254 e. The van der Waals surface area contributed by atoms with Crippen LogP contribution in [0, 0.1) is 5.41 Å². The first-order chi connectivity index (χ1) is 7.01. The number of hydrogen-bond acceptors (Lipinski definition) is 2. The van der Waals surface area contributed by atoms with Gasteiger partial charge in [-0.25, -0.2) is 0 Å². The summed E-state index contributed by atoms with van der Waals surface area (Å²) in [7, 11) is 0. The number of rotatable bonds is 2. The van der Waals surface area contributed by atoms with Gasteiger partial charge in [-0.15, -0.1) is 0 Å². The molecule has 0 aromatic carbocycles. The molecule has 1 saturated carbocycles. The standard InChI is InChI=1S/C9H13Br3N2O2/c1-7(2,10)5(15)13-14-6(16)8(3)4-9(8,11)12/h4H2,1-3H3,(H,13,15)(H,14,16). The lowest BCUT2D eigenvalue weighted by Gasteiger charge is -2.18. The van der Waals surface area contributed by atoms with Crippen LogP contribution in [-0.4, -0.2) is 19.4 Å². The van der Waals surface area contributed by atoms with E-state index in [4.69, 9.17) is 0 Å². The second-order valence-corrected chi connectivity index (χ2v) is 10.3. The molecule has 0 radical (unpaired) electrons. The van der Waals surface area contributed by atoms with Crippen molar-refractivity contribution in [2.24, 2.45) is 5.41 Å². The van der Waals surface area contributed by atoms with Gasteiger partial charge in [-0.05, 0) is 27.2 Å². The van der Waals surface area contributed by atoms with E-state index < -0.39 is 9.74 Å². The molecule has 2 N–H and O–H groups in total. The summed E-state index contributed by atoms with van der Waals surface area (Å²) in [6.45, 7) is 5.22. The molecule has 7 heteroatoms. The van der Waals surface area contributed by atoms with Crippen molar-refractivity contribution in [3.05, 3.63) is 0 Å². The summed E-state index contributed by atoms with van der Waals surface area (Å²) in [6, 6.07) is 0. The Hall–Kier alpha value is 0.380. The van der Waals surface area contributed by atoms with Crippen LogP contribution in [0.2, 0.25) is 0 Å². The van der Waals surface area contributed by atoms with Gasteiger partial charge in [-0.2, -0.15) is 0 Å². The molecule has 92 valence electrons. The average molecular weight is 421 g/mol. The summed E-state index contributed by atoms with van der Waals surface area (Å²) >= 11 is 9.98. The van der Waals surface area contributed by atoms with Crippen molar-refractivity contribution in [2.75, 3.05) is 0 Å². The molecule has 4 nitrogen and oxygen atoms in total. The largest absolute Gasteiger partial charge is 0.273 e. The van der Waals surface area contributed by atoms with Crippen LogP contribution in [0.1, 0.15) is 27.2 Å². The van der Waals surface area contributed by atoms with E-state index in [2.05, 4.69) is 58.6 Å². The van der Waals surface area contributed by atoms with Crippen LogP contribution < -0.4 is 10.9 Å². The molecule has 0 saturated heterocycles. The molecular weight excluding hydrogens is 408 g/mol. The van der Waals surface area contributed by atoms with Crippen molar-refractivity contribution in [1.29, 1.82) is 0 Å². The molecule has 0 heterocycles. The third-order valence-corrected chi connectivity index (χ3v) is 5.26. The number of amides is 2. The van der Waals surface area contributed by atoms with Crippen molar-refractivity contribution in [1.82, 2.24) is 10.9 Å². The molecule has 1 fully saturated rings. The highest BCUT2D eigenvalue weighted by atomic mass is 79.9. The van der Waals surface area contributed by atoms with E-state index in [1.165, 1.54) is 0 Å². The van der Waals surface area contributed by atoms with Crippen LogP contribution in [0.15, 0.2) is 0 Å². The van der Waals surface area contributed by atoms with Gasteiger partial charge in [0.15, 0.2) is 0 Å². The summed E-state index contributed by atoms with van der Waals surface area (Å²) in [5.41, 5.74) is 4.27. The molecule has 1 aliphatic rings. The molecule has 1 atom stereocenters. The van der Waals surface area contributed by atoms with Gasteiger partial charge in [0.2, 0.25) is 5.91 Å². The van der Waals surface area contributed by atoms with Crippen molar-refractivity contribution >= 4 is 59.6 Å². The van der Waals surface area contributed by atoms with Crippen molar-refractivity contribution in [2.45, 2.75) is 34.7 Å². The molecule has 1 rings (SSSR count). The Kier molecular flexibility index (Phi) is 3.83. The minimum atomic E-state index is -0.704. The Balaban J connectivity index is 2.47. The minimum absolute atomic E-state index is 0.216. The van der Waals surface area contributed by atoms with Gasteiger partial charge in [0.05, 0.1) is 8.65 Å². The molecule has 0 aromatic heterocycles. The fourth-order valence-corrected chi connectivity index (χ4v) is 2.63. The number of carbonyl (C=O) groups excluding carboxylic acids is 2. The van der Waals surface area contributed by atoms with Crippen LogP contribution in [0.3, 0.4) is 0 Å². The first kappa shape index (κ1) is 14.4. The SMILES string of the molecule is CC(C)(Br)C(=O)NNC(=O)C1(C)CC1(Br)Br. The van der Waals surface area contributed by atoms with Crippen LogP contribution in [-0.2, 0) is 9.59 Å². The summed E-state index contributed by atoms with van der Waals surface area (Å²) in [4.78, 5) is 23.3. The van der Waals surface area contributed by atoms with Gasteiger partial charge < -0.3 is 0 Å². The van der Waals surface area contributed by atoms with Gasteiger partial charge >= 0.3 is 0 Å². The Labute approximate surface area is 120 Å². The van der Waals surface area contributed by atoms with Crippen LogP contribution >= 0.6 is 47.8 Å². The highest BCUT2D eigenvalue weighted by Crippen LogP contribution is 2.66. The lowest BCUT2D eigenvalue weighted by Crippen LogP contribution is -2.50. The Morgan fingerprint density at radius 1 is 1.25 bits per heavy atom. The lowest BCUT2D eigenvalue weighted by molar-refractivity contribution is -0.132. The highest BCUT2D eigenvalue weighted by molar-refractivity contribution is 9.25. The van der Waals surface area contributed by atoms with E-state index in [-0.39, 0.29) is 15.0 Å². The average Bonchev–Trinajstić information content (AvgIpc) is 2.61. The molecule has 0 aliphatic heterocycles. The Morgan fingerprint density at radius 2 is 1.69 bits per heavy atom. The minimum Gasteiger partial charge on any atom is -0.273 e. The monoisotopic (exact) mass is 418 g/mol. The first-order valence-corrected chi connectivity index (χ1v) is 7.06. The molecule has 16 heavy (non-hydrogen) atoms. The summed E-state index contributed by atoms with van der Waals surface area (Å²) in [6.07, 6.45) is 0.680. The van der Waals surface area contributed by atoms with E-state index >= 15 is 0 Å². The van der Waals surface area contributed by atoms with Crippen molar-refractivity contribution in [3.63, 3.8) is 0 Å². The number of halogens is 3. The summed E-state index contributed by atoms with van der Waals surface area (Å²) in [5.74, 6) is -0.508. The maximum absolute atomic E-state index is 11.8. The molecule has 0 spiro atoms. The number of hydrogen-bond donors (Lipinski definition) is 2. The van der Waals surface area contributed by atoms with Gasteiger partial charge in [-0.3, -0.25) is 20.4 Å². The third-order valence-electron chi connectivity index (χ3n) is 2.59. The quantitative estimate of drug-likeness (QED) is 0.531. The third kappa shape index (κ3) is 2.79. The van der Waals surface area contributed by atoms with Crippen molar-refractivity contribution in [3.8, 4) is 0 Å². The predicted molar refractivity (Wildman–Crippen MR) is 72.6 cm³/mol. The summed E-state index contributed by atoms with van der Waals surface area (Å²) < 4.78 is -1.06. The molecule has 2 amide bonds. The topological polar surface area (TPSA) is 58.2 Å².